The van der Waals surface area contributed by atoms with Crippen molar-refractivity contribution < 1.29 is 9.53 Å². The Morgan fingerprint density at radius 2 is 1.88 bits per heavy atom. The molecular formula is C13H10N2O2. The number of nitriles is 2. The molecule has 2 atom stereocenters. The van der Waals surface area contributed by atoms with Gasteiger partial charge >= 0.3 is 5.97 Å². The Labute approximate surface area is 99.0 Å². The third-order valence-electron chi connectivity index (χ3n) is 3.19. The summed E-state index contributed by atoms with van der Waals surface area (Å²) in [5, 5.41) is 18.2. The zero-order chi connectivity index (χ0) is 12.5. The zero-order valence-electron chi connectivity index (χ0n) is 9.25. The summed E-state index contributed by atoms with van der Waals surface area (Å²) in [5.74, 6) is -1.56. The van der Waals surface area contributed by atoms with Crippen LogP contribution in [0, 0.1) is 34.0 Å². The van der Waals surface area contributed by atoms with Gasteiger partial charge in [-0.1, -0.05) is 30.3 Å². The number of hydrogen-bond donors (Lipinski definition) is 0. The van der Waals surface area contributed by atoms with E-state index in [2.05, 4.69) is 4.74 Å². The number of methoxy groups -OCH3 is 1. The minimum atomic E-state index is -1.27. The average Bonchev–Trinajstić information content (AvgIpc) is 3.08. The van der Waals surface area contributed by atoms with Gasteiger partial charge in [0.05, 0.1) is 25.2 Å². The molecule has 0 spiro atoms. The van der Waals surface area contributed by atoms with E-state index in [9.17, 15) is 4.79 Å². The van der Waals surface area contributed by atoms with Crippen molar-refractivity contribution in [3.8, 4) is 12.1 Å². The lowest BCUT2D eigenvalue weighted by molar-refractivity contribution is -0.142. The molecule has 0 radical (unpaired) electrons. The Morgan fingerprint density at radius 1 is 1.29 bits per heavy atom. The van der Waals surface area contributed by atoms with Gasteiger partial charge in [-0.2, -0.15) is 10.5 Å². The summed E-state index contributed by atoms with van der Waals surface area (Å²) in [6, 6.07) is 13.0. The van der Waals surface area contributed by atoms with E-state index in [1.807, 2.05) is 42.5 Å². The van der Waals surface area contributed by atoms with Gasteiger partial charge in [0.2, 0.25) is 0 Å². The standard InChI is InChI=1S/C13H10N2O2/c1-17-12(16)11-10(13(11,7-14)8-15)9-5-3-2-4-6-9/h2-6,10-11H,1H3/t10-,11+/m1/s1. The molecule has 1 aliphatic carbocycles. The molecule has 1 saturated carbocycles. The quantitative estimate of drug-likeness (QED) is 0.718. The molecule has 0 heterocycles. The van der Waals surface area contributed by atoms with Gasteiger partial charge in [0.25, 0.3) is 0 Å². The molecule has 84 valence electrons. The van der Waals surface area contributed by atoms with Gasteiger partial charge in [0, 0.05) is 5.92 Å². The van der Waals surface area contributed by atoms with Crippen LogP contribution in [-0.2, 0) is 9.53 Å². The van der Waals surface area contributed by atoms with E-state index in [-0.39, 0.29) is 5.92 Å². The van der Waals surface area contributed by atoms with Crippen LogP contribution >= 0.6 is 0 Å². The van der Waals surface area contributed by atoms with E-state index in [4.69, 9.17) is 10.5 Å². The molecule has 1 aromatic carbocycles. The van der Waals surface area contributed by atoms with Crippen molar-refractivity contribution in [2.45, 2.75) is 5.92 Å². The Kier molecular flexibility index (Phi) is 2.57. The fourth-order valence-corrected chi connectivity index (χ4v) is 2.26. The summed E-state index contributed by atoms with van der Waals surface area (Å²) in [5.41, 5.74) is -0.444. The van der Waals surface area contributed by atoms with Crippen LogP contribution in [0.15, 0.2) is 30.3 Å². The Bertz CT molecular complexity index is 511. The molecule has 0 amide bonds. The maximum absolute atomic E-state index is 11.6. The van der Waals surface area contributed by atoms with Crippen molar-refractivity contribution in [3.05, 3.63) is 35.9 Å². The van der Waals surface area contributed by atoms with E-state index in [1.165, 1.54) is 7.11 Å². The summed E-state index contributed by atoms with van der Waals surface area (Å²) in [4.78, 5) is 11.6. The second-order valence-electron chi connectivity index (χ2n) is 3.98. The number of ether oxygens (including phenoxy) is 1. The molecular weight excluding hydrogens is 216 g/mol. The van der Waals surface area contributed by atoms with Crippen LogP contribution < -0.4 is 0 Å². The normalized spacial score (nSPS) is 24.2. The van der Waals surface area contributed by atoms with E-state index in [0.717, 1.165) is 5.56 Å². The van der Waals surface area contributed by atoms with Gasteiger partial charge in [-0.25, -0.2) is 0 Å². The summed E-state index contributed by atoms with van der Waals surface area (Å²) in [6.45, 7) is 0. The maximum atomic E-state index is 11.6. The molecule has 0 saturated heterocycles. The van der Waals surface area contributed by atoms with Gasteiger partial charge < -0.3 is 4.74 Å². The lowest BCUT2D eigenvalue weighted by Gasteiger charge is -1.97. The van der Waals surface area contributed by atoms with Crippen LogP contribution in [0.5, 0.6) is 0 Å². The van der Waals surface area contributed by atoms with Crippen molar-refractivity contribution in [2.75, 3.05) is 7.11 Å². The van der Waals surface area contributed by atoms with Crippen molar-refractivity contribution in [2.24, 2.45) is 11.3 Å². The van der Waals surface area contributed by atoms with Crippen LogP contribution in [0.3, 0.4) is 0 Å². The third-order valence-corrected chi connectivity index (χ3v) is 3.19. The number of hydrogen-bond acceptors (Lipinski definition) is 4. The highest BCUT2D eigenvalue weighted by Crippen LogP contribution is 2.64. The molecule has 0 aliphatic heterocycles. The highest BCUT2D eigenvalue weighted by Gasteiger charge is 2.71. The molecule has 0 aromatic heterocycles. The zero-order valence-corrected chi connectivity index (χ0v) is 9.25. The second-order valence-corrected chi connectivity index (χ2v) is 3.98. The Balaban J connectivity index is 2.40. The fraction of sp³-hybridized carbons (Fsp3) is 0.308. The number of carbonyl (C=O) groups is 1. The molecule has 4 nitrogen and oxygen atoms in total. The first-order valence-corrected chi connectivity index (χ1v) is 5.16. The van der Waals surface area contributed by atoms with Crippen LogP contribution in [0.2, 0.25) is 0 Å². The van der Waals surface area contributed by atoms with Crippen LogP contribution in [0.25, 0.3) is 0 Å². The van der Waals surface area contributed by atoms with Crippen LogP contribution in [0.1, 0.15) is 11.5 Å². The minimum absolute atomic E-state index is 0.383. The SMILES string of the molecule is COC(=O)[C@@H]1[C@@H](c2ccccc2)C1(C#N)C#N. The molecule has 1 aliphatic rings. The maximum Gasteiger partial charge on any atom is 0.312 e. The lowest BCUT2D eigenvalue weighted by atomic mass is 10.0. The highest BCUT2D eigenvalue weighted by molar-refractivity contribution is 5.82. The smallest absolute Gasteiger partial charge is 0.312 e. The number of benzene rings is 1. The van der Waals surface area contributed by atoms with Gasteiger partial charge in [-0.05, 0) is 5.56 Å². The first kappa shape index (κ1) is 11.2. The molecule has 1 aromatic rings. The first-order valence-electron chi connectivity index (χ1n) is 5.16. The molecule has 0 unspecified atom stereocenters. The predicted molar refractivity (Wildman–Crippen MR) is 58.3 cm³/mol. The van der Waals surface area contributed by atoms with Crippen molar-refractivity contribution in [1.29, 1.82) is 10.5 Å². The van der Waals surface area contributed by atoms with Crippen molar-refractivity contribution >= 4 is 5.97 Å². The molecule has 1 fully saturated rings. The minimum Gasteiger partial charge on any atom is -0.469 e. The van der Waals surface area contributed by atoms with E-state index < -0.39 is 17.3 Å². The molecule has 2 rings (SSSR count). The van der Waals surface area contributed by atoms with Gasteiger partial charge in [-0.15, -0.1) is 0 Å². The molecule has 17 heavy (non-hydrogen) atoms. The largest absolute Gasteiger partial charge is 0.469 e. The topological polar surface area (TPSA) is 73.9 Å². The number of nitrogens with zero attached hydrogens (tertiary/aromatic N) is 2. The van der Waals surface area contributed by atoms with E-state index >= 15 is 0 Å². The summed E-state index contributed by atoms with van der Waals surface area (Å²) >= 11 is 0. The van der Waals surface area contributed by atoms with Gasteiger partial charge in [0.15, 0.2) is 5.41 Å². The fourth-order valence-electron chi connectivity index (χ4n) is 2.26. The predicted octanol–water partition coefficient (Wildman–Crippen LogP) is 1.61. The van der Waals surface area contributed by atoms with Gasteiger partial charge in [-0.3, -0.25) is 4.79 Å². The summed E-state index contributed by atoms with van der Waals surface area (Å²) < 4.78 is 4.64. The monoisotopic (exact) mass is 226 g/mol. The average molecular weight is 226 g/mol. The third kappa shape index (κ3) is 1.46. The van der Waals surface area contributed by atoms with Gasteiger partial charge in [0.1, 0.15) is 0 Å². The van der Waals surface area contributed by atoms with Crippen molar-refractivity contribution in [1.82, 2.24) is 0 Å². The lowest BCUT2D eigenvalue weighted by Crippen LogP contribution is -2.09. The number of carbonyl (C=O) groups excluding carboxylic acids is 1. The highest BCUT2D eigenvalue weighted by atomic mass is 16.5. The summed E-state index contributed by atoms with van der Waals surface area (Å²) in [6.07, 6.45) is 0. The van der Waals surface area contributed by atoms with E-state index in [0.29, 0.717) is 0 Å². The molecule has 0 bridgehead atoms. The summed E-state index contributed by atoms with van der Waals surface area (Å²) in [7, 11) is 1.27. The van der Waals surface area contributed by atoms with E-state index in [1.54, 1.807) is 0 Å². The number of esters is 1. The second kappa shape index (κ2) is 3.92. The molecule has 0 N–H and O–H groups in total. The van der Waals surface area contributed by atoms with Crippen LogP contribution in [0.4, 0.5) is 0 Å². The Hall–Kier alpha value is -2.33. The van der Waals surface area contributed by atoms with Crippen molar-refractivity contribution in [3.63, 3.8) is 0 Å². The van der Waals surface area contributed by atoms with Crippen LogP contribution in [-0.4, -0.2) is 13.1 Å². The first-order chi connectivity index (χ1) is 8.21. The Morgan fingerprint density at radius 3 is 2.35 bits per heavy atom. The number of rotatable bonds is 2. The molecule has 4 heteroatoms.